The van der Waals surface area contributed by atoms with Crippen LogP contribution in [0.5, 0.6) is 0 Å². The summed E-state index contributed by atoms with van der Waals surface area (Å²) in [7, 11) is -2.68. The monoisotopic (exact) mass is 776 g/mol. The summed E-state index contributed by atoms with van der Waals surface area (Å²) in [6, 6.07) is 0. The van der Waals surface area contributed by atoms with Gasteiger partial charge in [0.1, 0.15) is 6.61 Å². The van der Waals surface area contributed by atoms with Crippen LogP contribution in [0.25, 0.3) is 0 Å². The molecule has 0 aliphatic carbocycles. The number of likely N-dealkylation sites (N-methyl/N-ethyl adjacent to an activating group) is 1. The lowest BCUT2D eigenvalue weighted by molar-refractivity contribution is -0.161. The lowest BCUT2D eigenvalue weighted by Gasteiger charge is -2.20. The minimum Gasteiger partial charge on any atom is -0.462 e. The van der Waals surface area contributed by atoms with Crippen LogP contribution in [0.3, 0.4) is 0 Å². The van der Waals surface area contributed by atoms with Gasteiger partial charge in [-0.3, -0.25) is 18.6 Å². The normalized spacial score (nSPS) is 14.2. The molecular weight excluding hydrogens is 701 g/mol. The van der Waals surface area contributed by atoms with Crippen LogP contribution in [-0.2, 0) is 32.7 Å². The number of phosphoric ester groups is 1. The third kappa shape index (κ3) is 38.9. The topological polar surface area (TPSA) is 120 Å². The van der Waals surface area contributed by atoms with Crippen LogP contribution in [-0.4, -0.2) is 56.3 Å². The lowest BCUT2D eigenvalue weighted by Crippen LogP contribution is -2.29. The molecule has 0 saturated carbocycles. The fourth-order valence-electron chi connectivity index (χ4n) is 4.90. The molecule has 2 N–H and O–H groups in total. The van der Waals surface area contributed by atoms with Gasteiger partial charge in [-0.2, -0.15) is 0 Å². The first-order valence-electron chi connectivity index (χ1n) is 20.5. The Bertz CT molecular complexity index is 1160. The molecule has 9 nitrogen and oxygen atoms in total. The van der Waals surface area contributed by atoms with E-state index >= 15 is 0 Å². The van der Waals surface area contributed by atoms with Crippen molar-refractivity contribution in [3.8, 4) is 0 Å². The van der Waals surface area contributed by atoms with Gasteiger partial charge in [-0.25, -0.2) is 4.57 Å². The Labute approximate surface area is 328 Å². The maximum atomic E-state index is 12.6. The highest BCUT2D eigenvalue weighted by molar-refractivity contribution is 7.47. The first-order valence-corrected chi connectivity index (χ1v) is 22.0. The zero-order chi connectivity index (χ0) is 39.6. The number of unbranched alkanes of at least 4 members (excludes halogenated alkanes) is 9. The van der Waals surface area contributed by atoms with Crippen LogP contribution >= 0.6 is 7.82 Å². The van der Waals surface area contributed by atoms with Gasteiger partial charge in [0.2, 0.25) is 0 Å². The van der Waals surface area contributed by atoms with Gasteiger partial charge >= 0.3 is 19.8 Å². The molecule has 0 bridgehead atoms. The summed E-state index contributed by atoms with van der Waals surface area (Å²) < 4.78 is 33.1. The fourth-order valence-corrected chi connectivity index (χ4v) is 5.65. The second kappa shape index (κ2) is 39.9. The van der Waals surface area contributed by atoms with Crippen molar-refractivity contribution in [2.45, 2.75) is 148 Å². The molecule has 0 fully saturated rings. The van der Waals surface area contributed by atoms with Crippen molar-refractivity contribution in [1.82, 2.24) is 5.32 Å². The van der Waals surface area contributed by atoms with E-state index in [2.05, 4.69) is 104 Å². The predicted molar refractivity (Wildman–Crippen MR) is 224 cm³/mol. The van der Waals surface area contributed by atoms with Gasteiger partial charge < -0.3 is 19.7 Å². The van der Waals surface area contributed by atoms with Crippen LogP contribution < -0.4 is 5.32 Å². The van der Waals surface area contributed by atoms with Crippen LogP contribution in [0.1, 0.15) is 142 Å². The minimum atomic E-state index is -4.37. The van der Waals surface area contributed by atoms with Crippen LogP contribution in [0.4, 0.5) is 0 Å². The molecule has 0 aromatic carbocycles. The summed E-state index contributed by atoms with van der Waals surface area (Å²) in [6.07, 6.45) is 47.7. The van der Waals surface area contributed by atoms with Crippen molar-refractivity contribution < 1.29 is 37.6 Å². The number of nitrogens with one attached hydrogen (secondary N) is 1. The number of hydrogen-bond donors (Lipinski definition) is 2. The van der Waals surface area contributed by atoms with E-state index in [-0.39, 0.29) is 26.1 Å². The largest absolute Gasteiger partial charge is 0.472 e. The molecule has 0 heterocycles. The number of ether oxygens (including phenoxy) is 2. The van der Waals surface area contributed by atoms with E-state index < -0.39 is 32.5 Å². The van der Waals surface area contributed by atoms with E-state index in [9.17, 15) is 19.0 Å². The van der Waals surface area contributed by atoms with Gasteiger partial charge in [0.15, 0.2) is 6.10 Å². The molecule has 0 amide bonds. The summed E-state index contributed by atoms with van der Waals surface area (Å²) in [5, 5.41) is 2.81. The van der Waals surface area contributed by atoms with Gasteiger partial charge in [-0.05, 0) is 96.9 Å². The van der Waals surface area contributed by atoms with Gasteiger partial charge in [-0.15, -0.1) is 0 Å². The summed E-state index contributed by atoms with van der Waals surface area (Å²) in [6.45, 7) is 3.98. The Morgan fingerprint density at radius 1 is 0.593 bits per heavy atom. The third-order valence-corrected chi connectivity index (χ3v) is 8.98. The van der Waals surface area contributed by atoms with E-state index in [0.717, 1.165) is 77.0 Å². The molecule has 54 heavy (non-hydrogen) atoms. The zero-order valence-corrected chi connectivity index (χ0v) is 34.8. The maximum Gasteiger partial charge on any atom is 0.472 e. The molecule has 10 heteroatoms. The molecule has 0 saturated heterocycles. The second-order valence-electron chi connectivity index (χ2n) is 13.1. The quantitative estimate of drug-likeness (QED) is 0.0275. The zero-order valence-electron chi connectivity index (χ0n) is 33.9. The van der Waals surface area contributed by atoms with Crippen molar-refractivity contribution in [3.63, 3.8) is 0 Å². The SMILES string of the molecule is CC/C=C\C/C=C\C/C=C\C/C=C\CCCCC(=O)OCC(COP(=O)(O)OCCNC)OC(=O)CCCCCC/C=C\C/C=C\C/C=C\CCCCC. The number of rotatable bonds is 37. The van der Waals surface area contributed by atoms with E-state index in [0.29, 0.717) is 19.4 Å². The molecule has 0 rings (SSSR count). The average Bonchev–Trinajstić information content (AvgIpc) is 3.15. The highest BCUT2D eigenvalue weighted by Crippen LogP contribution is 2.43. The number of carbonyl (C=O) groups is 2. The van der Waals surface area contributed by atoms with Crippen LogP contribution in [0.15, 0.2) is 85.1 Å². The standard InChI is InChI=1S/C44H74NO8P/c1-4-6-8-10-12-14-16-18-20-21-23-25-27-29-31-33-35-37-44(47)53-42(41-52-54(48,49)51-39-38-45-3)40-50-43(46)36-34-32-30-28-26-24-22-19-17-15-13-11-9-7-5-2/h7,9,12-15,18-20,22-23,25-26,28,42,45H,4-6,8,10-11,16-17,21,24,27,29-41H2,1-3H3,(H,48,49)/b9-7-,14-12-,15-13-,20-18-,22-19-,25-23-,28-26-. The lowest BCUT2D eigenvalue weighted by atomic mass is 10.1. The average molecular weight is 776 g/mol. The Hall–Kier alpha value is -2.81. The molecule has 0 aliphatic rings. The number of carbonyl (C=O) groups excluding carboxylic acids is 2. The number of allylic oxidation sites excluding steroid dienone is 14. The molecular formula is C44H74NO8P. The van der Waals surface area contributed by atoms with Crippen molar-refractivity contribution in [1.29, 1.82) is 0 Å². The number of phosphoric acid groups is 1. The highest BCUT2D eigenvalue weighted by atomic mass is 31.2. The first-order chi connectivity index (χ1) is 26.3. The summed E-state index contributed by atoms with van der Waals surface area (Å²) in [5.74, 6) is -0.891. The van der Waals surface area contributed by atoms with E-state index in [4.69, 9.17) is 18.5 Å². The fraction of sp³-hybridized carbons (Fsp3) is 0.636. The molecule has 0 radical (unpaired) electrons. The van der Waals surface area contributed by atoms with Crippen molar-refractivity contribution in [2.24, 2.45) is 0 Å². The van der Waals surface area contributed by atoms with E-state index in [1.54, 1.807) is 7.05 Å². The number of esters is 2. The van der Waals surface area contributed by atoms with E-state index in [1.807, 2.05) is 0 Å². The minimum absolute atomic E-state index is 0.0331. The first kappa shape index (κ1) is 51.2. The Morgan fingerprint density at radius 2 is 1.06 bits per heavy atom. The maximum absolute atomic E-state index is 12.6. The van der Waals surface area contributed by atoms with Crippen molar-refractivity contribution in [2.75, 3.05) is 33.4 Å². The highest BCUT2D eigenvalue weighted by Gasteiger charge is 2.26. The smallest absolute Gasteiger partial charge is 0.462 e. The second-order valence-corrected chi connectivity index (χ2v) is 14.5. The summed E-state index contributed by atoms with van der Waals surface area (Å²) >= 11 is 0. The molecule has 0 aliphatic heterocycles. The number of hydrogen-bond acceptors (Lipinski definition) is 8. The Kier molecular flexibility index (Phi) is 37.8. The molecule has 2 unspecified atom stereocenters. The summed E-state index contributed by atoms with van der Waals surface area (Å²) in [5.41, 5.74) is 0. The summed E-state index contributed by atoms with van der Waals surface area (Å²) in [4.78, 5) is 35.0. The van der Waals surface area contributed by atoms with Crippen LogP contribution in [0, 0.1) is 0 Å². The van der Waals surface area contributed by atoms with Crippen LogP contribution in [0.2, 0.25) is 0 Å². The predicted octanol–water partition coefficient (Wildman–Crippen LogP) is 11.5. The Morgan fingerprint density at radius 3 is 1.59 bits per heavy atom. The van der Waals surface area contributed by atoms with Crippen molar-refractivity contribution >= 4 is 19.8 Å². The molecule has 0 aromatic rings. The van der Waals surface area contributed by atoms with E-state index in [1.165, 1.54) is 25.7 Å². The van der Waals surface area contributed by atoms with Gasteiger partial charge in [0.25, 0.3) is 0 Å². The van der Waals surface area contributed by atoms with Gasteiger partial charge in [0.05, 0.1) is 13.2 Å². The third-order valence-electron chi connectivity index (χ3n) is 8.00. The Balaban J connectivity index is 4.39. The molecule has 2 atom stereocenters. The van der Waals surface area contributed by atoms with Gasteiger partial charge in [-0.1, -0.05) is 125 Å². The van der Waals surface area contributed by atoms with Crippen molar-refractivity contribution in [3.05, 3.63) is 85.1 Å². The molecule has 0 spiro atoms. The molecule has 0 aromatic heterocycles. The van der Waals surface area contributed by atoms with Gasteiger partial charge in [0, 0.05) is 19.4 Å². The molecule has 308 valence electrons.